The molecule has 0 spiro atoms. The Morgan fingerprint density at radius 2 is 1.97 bits per heavy atom. The Kier molecular flexibility index (Phi) is 6.15. The van der Waals surface area contributed by atoms with E-state index in [1.807, 2.05) is 36.4 Å². The number of ether oxygens (including phenoxy) is 1. The summed E-state index contributed by atoms with van der Waals surface area (Å²) in [4.78, 5) is 26.8. The number of rotatable bonds is 6. The molecule has 2 aromatic heterocycles. The van der Waals surface area contributed by atoms with E-state index in [1.54, 1.807) is 21.7 Å². The summed E-state index contributed by atoms with van der Waals surface area (Å²) in [5.41, 5.74) is 4.22. The predicted octanol–water partition coefficient (Wildman–Crippen LogP) is 4.93. The van der Waals surface area contributed by atoms with E-state index >= 15 is 0 Å². The van der Waals surface area contributed by atoms with Crippen molar-refractivity contribution < 1.29 is 9.53 Å². The number of morpholine rings is 1. The van der Waals surface area contributed by atoms with E-state index in [1.165, 1.54) is 11.3 Å². The first-order valence-corrected chi connectivity index (χ1v) is 12.3. The van der Waals surface area contributed by atoms with E-state index < -0.39 is 0 Å². The van der Waals surface area contributed by atoms with Crippen LogP contribution in [0.25, 0.3) is 20.4 Å². The third-order valence-electron chi connectivity index (χ3n) is 5.35. The number of carbonyl (C=O) groups is 1. The van der Waals surface area contributed by atoms with Crippen LogP contribution in [0, 0.1) is 0 Å². The number of hydrogen-bond donors (Lipinski definition) is 0. The number of nitrogens with zero attached hydrogens (tertiary/aromatic N) is 4. The van der Waals surface area contributed by atoms with Crippen LogP contribution in [0.1, 0.15) is 16.8 Å². The van der Waals surface area contributed by atoms with Gasteiger partial charge < -0.3 is 4.74 Å². The molecule has 4 aromatic rings. The van der Waals surface area contributed by atoms with Crippen LogP contribution in [0.4, 0.5) is 5.13 Å². The number of aromatic nitrogens is 2. The second-order valence-corrected chi connectivity index (χ2v) is 9.74. The van der Waals surface area contributed by atoms with Gasteiger partial charge in [0.25, 0.3) is 5.91 Å². The fraction of sp³-hybridized carbons (Fsp3) is 0.318. The van der Waals surface area contributed by atoms with Gasteiger partial charge in [0, 0.05) is 36.8 Å². The van der Waals surface area contributed by atoms with Crippen LogP contribution in [0.3, 0.4) is 0 Å². The van der Waals surface area contributed by atoms with Crippen molar-refractivity contribution in [3.8, 4) is 0 Å². The first kappa shape index (κ1) is 20.8. The van der Waals surface area contributed by atoms with Crippen LogP contribution >= 0.6 is 34.3 Å². The van der Waals surface area contributed by atoms with Gasteiger partial charge >= 0.3 is 0 Å². The van der Waals surface area contributed by atoms with Crippen molar-refractivity contribution >= 4 is 65.7 Å². The van der Waals surface area contributed by atoms with Gasteiger partial charge in [0.1, 0.15) is 0 Å². The zero-order valence-electron chi connectivity index (χ0n) is 16.8. The van der Waals surface area contributed by atoms with Crippen molar-refractivity contribution in [2.75, 3.05) is 44.3 Å². The zero-order valence-corrected chi connectivity index (χ0v) is 19.2. The summed E-state index contributed by atoms with van der Waals surface area (Å²) in [5, 5.41) is 1.37. The van der Waals surface area contributed by atoms with Gasteiger partial charge in [-0.1, -0.05) is 22.9 Å². The van der Waals surface area contributed by atoms with E-state index in [2.05, 4.69) is 9.88 Å². The highest BCUT2D eigenvalue weighted by atomic mass is 35.5. The maximum Gasteiger partial charge on any atom is 0.260 e. The van der Waals surface area contributed by atoms with E-state index in [0.29, 0.717) is 22.3 Å². The van der Waals surface area contributed by atoms with Crippen molar-refractivity contribution in [2.45, 2.75) is 6.42 Å². The van der Waals surface area contributed by atoms with Crippen LogP contribution in [0.15, 0.2) is 41.9 Å². The number of anilines is 1. The Bertz CT molecular complexity index is 1220. The average molecular weight is 473 g/mol. The Hall–Kier alpha value is -2.10. The van der Waals surface area contributed by atoms with Gasteiger partial charge in [-0.25, -0.2) is 9.97 Å². The number of carbonyl (C=O) groups excluding carboxylic acids is 1. The van der Waals surface area contributed by atoms with Gasteiger partial charge in [-0.3, -0.25) is 14.6 Å². The van der Waals surface area contributed by atoms with Crippen molar-refractivity contribution in [3.63, 3.8) is 0 Å². The molecule has 0 atom stereocenters. The molecule has 1 amide bonds. The highest BCUT2D eigenvalue weighted by molar-refractivity contribution is 7.22. The molecule has 2 aromatic carbocycles. The molecule has 9 heteroatoms. The summed E-state index contributed by atoms with van der Waals surface area (Å²) < 4.78 is 7.42. The fourth-order valence-corrected chi connectivity index (χ4v) is 5.69. The number of fused-ring (bicyclic) bond motifs is 2. The smallest absolute Gasteiger partial charge is 0.260 e. The minimum atomic E-state index is -0.0394. The van der Waals surface area contributed by atoms with E-state index in [4.69, 9.17) is 21.3 Å². The molecule has 5 rings (SSSR count). The van der Waals surface area contributed by atoms with Gasteiger partial charge in [0.05, 0.1) is 39.2 Å². The summed E-state index contributed by atoms with van der Waals surface area (Å²) >= 11 is 9.20. The largest absolute Gasteiger partial charge is 0.379 e. The third kappa shape index (κ3) is 4.58. The highest BCUT2D eigenvalue weighted by Gasteiger charge is 2.22. The van der Waals surface area contributed by atoms with Crippen LogP contribution < -0.4 is 4.90 Å². The standard InChI is InChI=1S/C22H21ClN4O2S2/c23-16-3-5-18-20(13-16)31-22(25-18)27(7-1-6-26-8-10-29-11-9-26)21(28)15-2-4-17-19(12-15)30-14-24-17/h2-5,12-14H,1,6-11H2. The molecular formula is C22H21ClN4O2S2. The molecular weight excluding hydrogens is 452 g/mol. The van der Waals surface area contributed by atoms with Crippen molar-refractivity contribution in [2.24, 2.45) is 0 Å². The van der Waals surface area contributed by atoms with Gasteiger partial charge in [-0.15, -0.1) is 11.3 Å². The summed E-state index contributed by atoms with van der Waals surface area (Å²) in [5.74, 6) is -0.0394. The molecule has 6 nitrogen and oxygen atoms in total. The Balaban J connectivity index is 1.42. The van der Waals surface area contributed by atoms with Gasteiger partial charge in [-0.2, -0.15) is 0 Å². The fourth-order valence-electron chi connectivity index (χ4n) is 3.71. The van der Waals surface area contributed by atoms with E-state index in [9.17, 15) is 4.79 Å². The lowest BCUT2D eigenvalue weighted by Crippen LogP contribution is -2.39. The molecule has 1 aliphatic rings. The highest BCUT2D eigenvalue weighted by Crippen LogP contribution is 2.32. The van der Waals surface area contributed by atoms with Crippen LogP contribution in [-0.4, -0.2) is 60.2 Å². The summed E-state index contributed by atoms with van der Waals surface area (Å²) in [7, 11) is 0. The lowest BCUT2D eigenvalue weighted by molar-refractivity contribution is 0.0376. The molecule has 1 saturated heterocycles. The number of amides is 1. The lowest BCUT2D eigenvalue weighted by Gasteiger charge is -2.27. The van der Waals surface area contributed by atoms with Crippen molar-refractivity contribution in [1.29, 1.82) is 0 Å². The molecule has 3 heterocycles. The Morgan fingerprint density at radius 1 is 1.13 bits per heavy atom. The first-order chi connectivity index (χ1) is 15.2. The number of hydrogen-bond acceptors (Lipinski definition) is 7. The molecule has 160 valence electrons. The number of halogens is 1. The lowest BCUT2D eigenvalue weighted by atomic mass is 10.2. The normalized spacial score (nSPS) is 15.0. The maximum atomic E-state index is 13.6. The van der Waals surface area contributed by atoms with Crippen molar-refractivity contribution in [3.05, 3.63) is 52.5 Å². The monoisotopic (exact) mass is 472 g/mol. The second-order valence-electron chi connectivity index (χ2n) is 7.41. The molecule has 0 radical (unpaired) electrons. The quantitative estimate of drug-likeness (QED) is 0.398. The Morgan fingerprint density at radius 3 is 2.84 bits per heavy atom. The third-order valence-corrected chi connectivity index (χ3v) is 7.42. The topological polar surface area (TPSA) is 58.6 Å². The van der Waals surface area contributed by atoms with Gasteiger partial charge in [0.2, 0.25) is 0 Å². The minimum Gasteiger partial charge on any atom is -0.379 e. The molecule has 1 aliphatic heterocycles. The van der Waals surface area contributed by atoms with Gasteiger partial charge in [0.15, 0.2) is 5.13 Å². The SMILES string of the molecule is O=C(c1ccc2ncsc2c1)N(CCCN1CCOCC1)c1nc2ccc(Cl)cc2s1. The molecule has 0 saturated carbocycles. The molecule has 0 bridgehead atoms. The zero-order chi connectivity index (χ0) is 21.2. The predicted molar refractivity (Wildman–Crippen MR) is 128 cm³/mol. The molecule has 0 unspecified atom stereocenters. The van der Waals surface area contributed by atoms with Crippen LogP contribution in [0.5, 0.6) is 0 Å². The van der Waals surface area contributed by atoms with Crippen LogP contribution in [0.2, 0.25) is 5.02 Å². The molecule has 1 fully saturated rings. The number of thiazole rings is 2. The maximum absolute atomic E-state index is 13.6. The van der Waals surface area contributed by atoms with Gasteiger partial charge in [-0.05, 0) is 42.8 Å². The average Bonchev–Trinajstić information content (AvgIpc) is 3.42. The van der Waals surface area contributed by atoms with E-state index in [0.717, 1.165) is 59.7 Å². The molecule has 0 aliphatic carbocycles. The minimum absolute atomic E-state index is 0.0394. The number of benzene rings is 2. The first-order valence-electron chi connectivity index (χ1n) is 10.2. The molecule has 31 heavy (non-hydrogen) atoms. The van der Waals surface area contributed by atoms with Crippen molar-refractivity contribution in [1.82, 2.24) is 14.9 Å². The van der Waals surface area contributed by atoms with Crippen LogP contribution in [-0.2, 0) is 4.74 Å². The van der Waals surface area contributed by atoms with E-state index in [-0.39, 0.29) is 5.91 Å². The summed E-state index contributed by atoms with van der Waals surface area (Å²) in [6.45, 7) is 4.96. The summed E-state index contributed by atoms with van der Waals surface area (Å²) in [6.07, 6.45) is 0.866. The summed E-state index contributed by atoms with van der Waals surface area (Å²) in [6, 6.07) is 11.3. The second kappa shape index (κ2) is 9.18. The molecule has 0 N–H and O–H groups in total. The Labute approximate surface area is 193 Å².